The molecule has 5 N–H and O–H groups in total. The van der Waals surface area contributed by atoms with Crippen molar-refractivity contribution in [2.45, 2.75) is 6.42 Å². The highest BCUT2D eigenvalue weighted by molar-refractivity contribution is 7.46. The molecule has 3 aromatic rings. The van der Waals surface area contributed by atoms with Gasteiger partial charge in [0.25, 0.3) is 5.91 Å². The molecule has 0 aromatic heterocycles. The number of rotatable bonds is 8. The van der Waals surface area contributed by atoms with E-state index >= 15 is 0 Å². The fourth-order valence-corrected chi connectivity index (χ4v) is 4.94. The molecular formula is C29H20F2NO10P. The number of aromatic hydroxyl groups is 1. The van der Waals surface area contributed by atoms with Crippen LogP contribution >= 0.6 is 7.82 Å². The third-order valence-electron chi connectivity index (χ3n) is 6.47. The molecule has 0 spiro atoms. The lowest BCUT2D eigenvalue weighted by Crippen LogP contribution is -2.25. The monoisotopic (exact) mass is 611 g/mol. The molecule has 1 heterocycles. The molecule has 0 radical (unpaired) electrons. The second-order valence-electron chi connectivity index (χ2n) is 9.35. The number of hydrogen-bond acceptors (Lipinski definition) is 7. The number of hydrogen-bond donors (Lipinski definition) is 5. The van der Waals surface area contributed by atoms with Gasteiger partial charge < -0.3 is 24.5 Å². The Morgan fingerprint density at radius 1 is 0.930 bits per heavy atom. The Balaban J connectivity index is 1.52. The van der Waals surface area contributed by atoms with Crippen LogP contribution in [-0.2, 0) is 11.0 Å². The number of amides is 1. The number of carboxylic acids is 1. The summed E-state index contributed by atoms with van der Waals surface area (Å²) in [7, 11) is -4.71. The van der Waals surface area contributed by atoms with Crippen molar-refractivity contribution in [3.63, 3.8) is 0 Å². The number of aromatic carboxylic acids is 1. The second kappa shape index (κ2) is 11.3. The molecule has 43 heavy (non-hydrogen) atoms. The summed E-state index contributed by atoms with van der Waals surface area (Å²) in [5.74, 6) is -5.24. The average molecular weight is 611 g/mol. The number of carboxylic acid groups (broad SMARTS) is 1. The van der Waals surface area contributed by atoms with Gasteiger partial charge in [-0.15, -0.1) is 0 Å². The van der Waals surface area contributed by atoms with Crippen molar-refractivity contribution in [1.82, 2.24) is 5.32 Å². The van der Waals surface area contributed by atoms with Gasteiger partial charge in [0.05, 0.1) is 5.56 Å². The first-order valence-electron chi connectivity index (χ1n) is 12.4. The summed E-state index contributed by atoms with van der Waals surface area (Å²) >= 11 is 0. The largest absolute Gasteiger partial charge is 0.524 e. The molecule has 0 saturated carbocycles. The molecule has 0 saturated heterocycles. The SMILES string of the molecule is O=C(NCCc1ccc(OP(=O)(O)O)cc1)c1ccc(C(=O)O)c(-c2c3cc(F)c(=O)cc-3oc3cc(O)c(F)cc23)c1. The summed E-state index contributed by atoms with van der Waals surface area (Å²) in [5.41, 5.74) is -0.958. The van der Waals surface area contributed by atoms with Gasteiger partial charge in [-0.05, 0) is 60.0 Å². The zero-order chi connectivity index (χ0) is 31.1. The van der Waals surface area contributed by atoms with Crippen LogP contribution in [0.25, 0.3) is 33.4 Å². The average Bonchev–Trinajstić information content (AvgIpc) is 2.93. The lowest BCUT2D eigenvalue weighted by molar-refractivity contribution is 0.0697. The highest BCUT2D eigenvalue weighted by Crippen LogP contribution is 2.43. The van der Waals surface area contributed by atoms with E-state index in [0.717, 1.165) is 30.3 Å². The smallest absolute Gasteiger partial charge is 0.505 e. The van der Waals surface area contributed by atoms with Crippen LogP contribution < -0.4 is 15.3 Å². The predicted octanol–water partition coefficient (Wildman–Crippen LogP) is 4.69. The van der Waals surface area contributed by atoms with Gasteiger partial charge in [-0.1, -0.05) is 12.1 Å². The third kappa shape index (κ3) is 6.24. The molecule has 2 aliphatic rings. The van der Waals surface area contributed by atoms with Gasteiger partial charge in [-0.2, -0.15) is 0 Å². The lowest BCUT2D eigenvalue weighted by Gasteiger charge is -2.18. The summed E-state index contributed by atoms with van der Waals surface area (Å²) in [6.07, 6.45) is 0.317. The van der Waals surface area contributed by atoms with E-state index in [4.69, 9.17) is 14.2 Å². The van der Waals surface area contributed by atoms with Crippen molar-refractivity contribution < 1.29 is 51.9 Å². The highest BCUT2D eigenvalue weighted by atomic mass is 31.2. The van der Waals surface area contributed by atoms with E-state index < -0.39 is 42.5 Å². The first-order valence-corrected chi connectivity index (χ1v) is 13.9. The first kappa shape index (κ1) is 29.4. The number of fused-ring (bicyclic) bond motifs is 2. The summed E-state index contributed by atoms with van der Waals surface area (Å²) in [6.45, 7) is 0.117. The van der Waals surface area contributed by atoms with Gasteiger partial charge in [0.2, 0.25) is 5.43 Å². The molecule has 1 amide bonds. The van der Waals surface area contributed by atoms with Crippen molar-refractivity contribution in [2.24, 2.45) is 0 Å². The lowest BCUT2D eigenvalue weighted by atomic mass is 9.89. The number of phenols is 1. The molecule has 11 nitrogen and oxygen atoms in total. The van der Waals surface area contributed by atoms with Crippen LogP contribution in [0.2, 0.25) is 0 Å². The number of phosphoric acid groups is 1. The maximum Gasteiger partial charge on any atom is 0.524 e. The van der Waals surface area contributed by atoms with E-state index in [1.54, 1.807) is 12.1 Å². The molecule has 1 aliphatic carbocycles. The molecule has 0 fully saturated rings. The van der Waals surface area contributed by atoms with Crippen LogP contribution in [0.5, 0.6) is 11.5 Å². The molecule has 0 unspecified atom stereocenters. The molecule has 220 valence electrons. The Labute approximate surface area is 240 Å². The van der Waals surface area contributed by atoms with Gasteiger partial charge in [0.15, 0.2) is 17.4 Å². The van der Waals surface area contributed by atoms with Gasteiger partial charge in [0.1, 0.15) is 17.1 Å². The molecule has 1 aliphatic heterocycles. The molecule has 0 bridgehead atoms. The number of phenolic OH excluding ortho intramolecular Hbond substituents is 1. The number of benzene rings is 4. The van der Waals surface area contributed by atoms with Crippen LogP contribution in [0.4, 0.5) is 8.78 Å². The van der Waals surface area contributed by atoms with E-state index in [9.17, 15) is 37.9 Å². The van der Waals surface area contributed by atoms with Gasteiger partial charge >= 0.3 is 13.8 Å². The Morgan fingerprint density at radius 2 is 1.65 bits per heavy atom. The maximum absolute atomic E-state index is 14.5. The normalized spacial score (nSPS) is 11.5. The minimum Gasteiger partial charge on any atom is -0.505 e. The van der Waals surface area contributed by atoms with Crippen LogP contribution in [0.15, 0.2) is 75.9 Å². The number of halogens is 2. The summed E-state index contributed by atoms with van der Waals surface area (Å²) < 4.78 is 50.0. The zero-order valence-corrected chi connectivity index (χ0v) is 22.6. The van der Waals surface area contributed by atoms with Crippen LogP contribution in [0.3, 0.4) is 0 Å². The number of carbonyl (C=O) groups is 2. The highest BCUT2D eigenvalue weighted by Gasteiger charge is 2.25. The topological polar surface area (TPSA) is 184 Å². The maximum atomic E-state index is 14.5. The number of phosphoric ester groups is 1. The minimum absolute atomic E-state index is 0.00708. The number of carbonyl (C=O) groups excluding carboxylic acids is 1. The first-order chi connectivity index (χ1) is 20.3. The van der Waals surface area contributed by atoms with Crippen LogP contribution in [0.1, 0.15) is 26.3 Å². The van der Waals surface area contributed by atoms with Crippen molar-refractivity contribution in [2.75, 3.05) is 6.54 Å². The summed E-state index contributed by atoms with van der Waals surface area (Å²) in [6, 6.07) is 12.9. The van der Waals surface area contributed by atoms with E-state index in [2.05, 4.69) is 9.84 Å². The van der Waals surface area contributed by atoms with Crippen molar-refractivity contribution in [1.29, 1.82) is 0 Å². The Bertz CT molecular complexity index is 1990. The molecule has 14 heteroatoms. The molecular weight excluding hydrogens is 591 g/mol. The standard InChI is InChI=1S/C29H20F2NO10P/c30-21-10-19-25(12-23(21)33)41-26-13-24(34)22(31)11-20(26)27(19)18-9-15(3-6-17(18)29(36)37)28(35)32-8-7-14-1-4-16(5-2-14)42-43(38,39)40/h1-6,9-13,33H,7-8H2,(H,32,35)(H,36,37)(H2,38,39,40). The Hall–Kier alpha value is -5.10. The Kier molecular flexibility index (Phi) is 7.72. The minimum atomic E-state index is -4.71. The van der Waals surface area contributed by atoms with E-state index in [1.165, 1.54) is 24.3 Å². The Morgan fingerprint density at radius 3 is 2.33 bits per heavy atom. The molecule has 5 rings (SSSR count). The van der Waals surface area contributed by atoms with Crippen molar-refractivity contribution in [3.05, 3.63) is 105 Å². The van der Waals surface area contributed by atoms with Crippen molar-refractivity contribution in [3.8, 4) is 33.9 Å². The fourth-order valence-electron chi connectivity index (χ4n) is 4.55. The van der Waals surface area contributed by atoms with Crippen LogP contribution in [-0.4, -0.2) is 38.4 Å². The van der Waals surface area contributed by atoms with Gasteiger partial charge in [-0.25, -0.2) is 18.1 Å². The summed E-state index contributed by atoms with van der Waals surface area (Å²) in [5, 5.41) is 22.5. The van der Waals surface area contributed by atoms with Gasteiger partial charge in [0, 0.05) is 40.8 Å². The number of nitrogens with one attached hydrogen (secondary N) is 1. The van der Waals surface area contributed by atoms with Crippen LogP contribution in [0, 0.1) is 11.6 Å². The second-order valence-corrected chi connectivity index (χ2v) is 10.5. The molecule has 0 atom stereocenters. The molecule has 3 aromatic carbocycles. The van der Waals surface area contributed by atoms with Crippen molar-refractivity contribution >= 4 is 30.7 Å². The predicted molar refractivity (Wildman–Crippen MR) is 148 cm³/mol. The quantitative estimate of drug-likeness (QED) is 0.122. The summed E-state index contributed by atoms with van der Waals surface area (Å²) in [4.78, 5) is 55.0. The van der Waals surface area contributed by atoms with E-state index in [0.29, 0.717) is 12.0 Å². The third-order valence-corrected chi connectivity index (χ3v) is 6.92. The van der Waals surface area contributed by atoms with E-state index in [-0.39, 0.29) is 56.8 Å². The van der Waals surface area contributed by atoms with Gasteiger partial charge in [-0.3, -0.25) is 19.4 Å². The zero-order valence-electron chi connectivity index (χ0n) is 21.7. The van der Waals surface area contributed by atoms with E-state index in [1.807, 2.05) is 0 Å². The fraction of sp³-hybridized carbons (Fsp3) is 0.0690.